The zero-order chi connectivity index (χ0) is 14.8. The van der Waals surface area contributed by atoms with E-state index in [2.05, 4.69) is 0 Å². The third-order valence-electron chi connectivity index (χ3n) is 3.58. The number of hydrogen-bond acceptors (Lipinski definition) is 5. The topological polar surface area (TPSA) is 61.8 Å². The molecule has 1 aromatic rings. The first-order chi connectivity index (χ1) is 9.46. The van der Waals surface area contributed by atoms with Crippen LogP contribution >= 0.6 is 0 Å². The van der Waals surface area contributed by atoms with Crippen LogP contribution in [0.1, 0.15) is 18.4 Å². The largest absolute Gasteiger partial charge is 0.379 e. The van der Waals surface area contributed by atoms with Gasteiger partial charge in [-0.1, -0.05) is 17.7 Å². The number of rotatable bonds is 5. The second-order valence-corrected chi connectivity index (χ2v) is 6.58. The summed E-state index contributed by atoms with van der Waals surface area (Å²) in [4.78, 5) is 0.179. The maximum atomic E-state index is 12.2. The summed E-state index contributed by atoms with van der Waals surface area (Å²) in [6.45, 7) is 1.90. The van der Waals surface area contributed by atoms with Crippen molar-refractivity contribution in [2.45, 2.75) is 43.0 Å². The molecule has 1 saturated carbocycles. The lowest BCUT2D eigenvalue weighted by atomic mass is 10.2. The van der Waals surface area contributed by atoms with Crippen LogP contribution in [-0.4, -0.2) is 40.9 Å². The first kappa shape index (κ1) is 15.4. The molecule has 20 heavy (non-hydrogen) atoms. The number of benzene rings is 1. The van der Waals surface area contributed by atoms with Gasteiger partial charge >= 0.3 is 0 Å². The van der Waals surface area contributed by atoms with Crippen LogP contribution in [0.3, 0.4) is 0 Å². The molecular formula is C14H20O5S. The van der Waals surface area contributed by atoms with Crippen LogP contribution in [0.5, 0.6) is 0 Å². The quantitative estimate of drug-likeness (QED) is 0.777. The minimum Gasteiger partial charge on any atom is -0.379 e. The van der Waals surface area contributed by atoms with Crippen molar-refractivity contribution in [3.63, 3.8) is 0 Å². The summed E-state index contributed by atoms with van der Waals surface area (Å²) < 4.78 is 40.2. The monoisotopic (exact) mass is 300 g/mol. The van der Waals surface area contributed by atoms with Gasteiger partial charge in [0, 0.05) is 27.1 Å². The molecule has 112 valence electrons. The average molecular weight is 300 g/mol. The Balaban J connectivity index is 2.08. The molecule has 0 saturated heterocycles. The van der Waals surface area contributed by atoms with Crippen LogP contribution in [-0.2, 0) is 23.8 Å². The number of methoxy groups -OCH3 is 2. The number of hydrogen-bond donors (Lipinski definition) is 0. The maximum absolute atomic E-state index is 12.2. The molecule has 1 aliphatic rings. The molecule has 0 radical (unpaired) electrons. The van der Waals surface area contributed by atoms with Crippen molar-refractivity contribution < 1.29 is 22.1 Å². The Bertz CT molecular complexity index is 525. The van der Waals surface area contributed by atoms with Gasteiger partial charge in [0.2, 0.25) is 0 Å². The van der Waals surface area contributed by atoms with Crippen LogP contribution in [0.25, 0.3) is 0 Å². The molecule has 0 aliphatic heterocycles. The lowest BCUT2D eigenvalue weighted by Gasteiger charge is -2.14. The van der Waals surface area contributed by atoms with E-state index in [-0.39, 0.29) is 17.1 Å². The van der Waals surface area contributed by atoms with Gasteiger partial charge in [0.1, 0.15) is 0 Å². The van der Waals surface area contributed by atoms with Gasteiger partial charge in [-0.3, -0.25) is 4.18 Å². The summed E-state index contributed by atoms with van der Waals surface area (Å²) in [5, 5.41) is 0. The Hall–Kier alpha value is -0.950. The zero-order valence-corrected chi connectivity index (χ0v) is 12.7. The third-order valence-corrected chi connectivity index (χ3v) is 4.96. The van der Waals surface area contributed by atoms with E-state index in [9.17, 15) is 8.42 Å². The lowest BCUT2D eigenvalue weighted by Crippen LogP contribution is -2.23. The summed E-state index contributed by atoms with van der Waals surface area (Å²) in [5.41, 5.74) is 1.00. The van der Waals surface area contributed by atoms with Gasteiger partial charge in [-0.15, -0.1) is 0 Å². The Morgan fingerprint density at radius 3 is 1.95 bits per heavy atom. The molecule has 0 heterocycles. The van der Waals surface area contributed by atoms with E-state index in [0.717, 1.165) is 5.56 Å². The smallest absolute Gasteiger partial charge is 0.297 e. The summed E-state index contributed by atoms with van der Waals surface area (Å²) in [7, 11) is -0.553. The van der Waals surface area contributed by atoms with E-state index < -0.39 is 16.2 Å². The van der Waals surface area contributed by atoms with E-state index in [1.54, 1.807) is 38.5 Å². The molecular weight excluding hydrogens is 280 g/mol. The van der Waals surface area contributed by atoms with E-state index in [0.29, 0.717) is 12.8 Å². The minimum atomic E-state index is -3.73. The fourth-order valence-electron chi connectivity index (χ4n) is 2.43. The summed E-state index contributed by atoms with van der Waals surface area (Å²) in [5.74, 6) is 0. The third kappa shape index (κ3) is 3.38. The highest BCUT2D eigenvalue weighted by Gasteiger charge is 2.37. The zero-order valence-electron chi connectivity index (χ0n) is 11.9. The van der Waals surface area contributed by atoms with Crippen LogP contribution in [0, 0.1) is 6.92 Å². The predicted octanol–water partition coefficient (Wildman–Crippen LogP) is 1.89. The highest BCUT2D eigenvalue weighted by molar-refractivity contribution is 7.86. The maximum Gasteiger partial charge on any atom is 0.297 e. The minimum absolute atomic E-state index is 0.127. The highest BCUT2D eigenvalue weighted by Crippen LogP contribution is 2.29. The predicted molar refractivity (Wildman–Crippen MR) is 74.1 cm³/mol. The van der Waals surface area contributed by atoms with Crippen LogP contribution < -0.4 is 0 Å². The van der Waals surface area contributed by atoms with Gasteiger partial charge in [-0.25, -0.2) is 0 Å². The molecule has 1 aromatic carbocycles. The molecule has 0 amide bonds. The number of ether oxygens (including phenoxy) is 2. The molecule has 6 heteroatoms. The van der Waals surface area contributed by atoms with E-state index in [1.165, 1.54) is 0 Å². The van der Waals surface area contributed by atoms with Crippen molar-refractivity contribution in [1.82, 2.24) is 0 Å². The lowest BCUT2D eigenvalue weighted by molar-refractivity contribution is -0.0157. The summed E-state index contributed by atoms with van der Waals surface area (Å²) >= 11 is 0. The fraction of sp³-hybridized carbons (Fsp3) is 0.571. The first-order valence-electron chi connectivity index (χ1n) is 6.52. The van der Waals surface area contributed by atoms with Gasteiger partial charge in [-0.2, -0.15) is 8.42 Å². The van der Waals surface area contributed by atoms with Crippen molar-refractivity contribution in [2.24, 2.45) is 0 Å². The van der Waals surface area contributed by atoms with Gasteiger partial charge in [0.05, 0.1) is 23.2 Å². The second kappa shape index (κ2) is 6.22. The summed E-state index contributed by atoms with van der Waals surface area (Å²) in [6, 6.07) is 6.62. The highest BCUT2D eigenvalue weighted by atomic mass is 32.2. The van der Waals surface area contributed by atoms with Gasteiger partial charge in [0.25, 0.3) is 10.1 Å². The molecule has 1 aliphatic carbocycles. The molecule has 1 fully saturated rings. The molecule has 2 rings (SSSR count). The molecule has 5 nitrogen and oxygen atoms in total. The average Bonchev–Trinajstić information content (AvgIpc) is 2.80. The Morgan fingerprint density at radius 2 is 1.50 bits per heavy atom. The van der Waals surface area contributed by atoms with Gasteiger partial charge < -0.3 is 9.47 Å². The van der Waals surface area contributed by atoms with E-state index in [1.807, 2.05) is 6.92 Å². The summed E-state index contributed by atoms with van der Waals surface area (Å²) in [6.07, 6.45) is 0.368. The molecule has 0 unspecified atom stereocenters. The molecule has 0 aromatic heterocycles. The molecule has 2 atom stereocenters. The van der Waals surface area contributed by atoms with Crippen molar-refractivity contribution in [2.75, 3.05) is 14.2 Å². The van der Waals surface area contributed by atoms with Crippen LogP contribution in [0.2, 0.25) is 0 Å². The molecule has 0 spiro atoms. The van der Waals surface area contributed by atoms with Crippen molar-refractivity contribution in [1.29, 1.82) is 0 Å². The van der Waals surface area contributed by atoms with Gasteiger partial charge in [-0.05, 0) is 19.1 Å². The van der Waals surface area contributed by atoms with Crippen LogP contribution in [0.15, 0.2) is 29.2 Å². The fourth-order valence-corrected chi connectivity index (χ4v) is 3.53. The standard InChI is InChI=1S/C14H20O5S/c1-10-4-6-12(7-5-10)20(15,16)19-11-8-13(17-2)14(9-11)18-3/h4-7,11,13-14H,8-9H2,1-3H3/t13-,14-/m1/s1. The second-order valence-electron chi connectivity index (χ2n) is 5.01. The van der Waals surface area contributed by atoms with E-state index in [4.69, 9.17) is 13.7 Å². The number of aryl methyl sites for hydroxylation is 1. The van der Waals surface area contributed by atoms with Crippen molar-refractivity contribution >= 4 is 10.1 Å². The normalized spacial score (nSPS) is 24.1. The SMILES string of the molecule is CO[C@@H]1CC(OS(=O)(=O)c2ccc(C)cc2)C[C@H]1OC. The van der Waals surface area contributed by atoms with Crippen molar-refractivity contribution in [3.05, 3.63) is 29.8 Å². The Kier molecular flexibility index (Phi) is 4.80. The first-order valence-corrected chi connectivity index (χ1v) is 7.92. The van der Waals surface area contributed by atoms with E-state index >= 15 is 0 Å². The van der Waals surface area contributed by atoms with Crippen LogP contribution in [0.4, 0.5) is 0 Å². The molecule has 0 bridgehead atoms. The Morgan fingerprint density at radius 1 is 1.00 bits per heavy atom. The van der Waals surface area contributed by atoms with Gasteiger partial charge in [0.15, 0.2) is 0 Å². The molecule has 0 N–H and O–H groups in total. The van der Waals surface area contributed by atoms with Crippen molar-refractivity contribution in [3.8, 4) is 0 Å². The Labute approximate surface area is 120 Å².